The zero-order chi connectivity index (χ0) is 20.0. The highest BCUT2D eigenvalue weighted by molar-refractivity contribution is 6.18. The number of cyclic esters (lactones) is 2. The van der Waals surface area contributed by atoms with Crippen LogP contribution < -0.4 is 9.47 Å². The van der Waals surface area contributed by atoms with Crippen LogP contribution in [0.2, 0.25) is 0 Å². The third kappa shape index (κ3) is 5.00. The van der Waals surface area contributed by atoms with E-state index in [-0.39, 0.29) is 5.57 Å². The Balaban J connectivity index is 2.50. The Labute approximate surface area is 159 Å². The van der Waals surface area contributed by atoms with Gasteiger partial charge in [0, 0.05) is 19.4 Å². The van der Waals surface area contributed by atoms with Crippen LogP contribution in [0.15, 0.2) is 43.0 Å². The number of rotatable bonds is 8. The second-order valence-corrected chi connectivity index (χ2v) is 6.27. The molecule has 2 rings (SSSR count). The van der Waals surface area contributed by atoms with Gasteiger partial charge in [-0.3, -0.25) is 0 Å². The second-order valence-electron chi connectivity index (χ2n) is 6.27. The second kappa shape index (κ2) is 8.58. The van der Waals surface area contributed by atoms with Crippen molar-refractivity contribution in [2.75, 3.05) is 13.2 Å². The molecule has 1 saturated heterocycles. The van der Waals surface area contributed by atoms with Gasteiger partial charge in [-0.25, -0.2) is 9.59 Å². The molecule has 0 bridgehead atoms. The Morgan fingerprint density at radius 3 is 2.30 bits per heavy atom. The molecule has 0 aromatic heterocycles. The normalized spacial score (nSPS) is 15.4. The number of carbonyl (C=O) groups excluding carboxylic acids is 2. The van der Waals surface area contributed by atoms with E-state index in [2.05, 4.69) is 13.2 Å². The Morgan fingerprint density at radius 2 is 1.74 bits per heavy atom. The summed E-state index contributed by atoms with van der Waals surface area (Å²) < 4.78 is 21.7. The standard InChI is InChI=1S/C21H24O6/c1-6-9-15-11-14(13-17(24-8-3)18(15)25-10-7-2)12-16-19(22)26-21(4,5)27-20(16)23/h6-7,11-13H,1-2,8-10H2,3-5H3. The lowest BCUT2D eigenvalue weighted by atomic mass is 10.0. The number of hydrogen-bond donors (Lipinski definition) is 0. The molecule has 0 atom stereocenters. The first kappa shape index (κ1) is 20.3. The molecule has 6 nitrogen and oxygen atoms in total. The first-order valence-corrected chi connectivity index (χ1v) is 8.64. The Hall–Kier alpha value is -3.02. The van der Waals surface area contributed by atoms with E-state index < -0.39 is 17.7 Å². The maximum absolute atomic E-state index is 12.2. The van der Waals surface area contributed by atoms with E-state index in [1.165, 1.54) is 19.9 Å². The molecule has 1 aromatic rings. The van der Waals surface area contributed by atoms with Gasteiger partial charge in [-0.15, -0.1) is 6.58 Å². The summed E-state index contributed by atoms with van der Waals surface area (Å²) >= 11 is 0. The monoisotopic (exact) mass is 372 g/mol. The minimum atomic E-state index is -1.28. The van der Waals surface area contributed by atoms with Crippen molar-refractivity contribution in [1.29, 1.82) is 0 Å². The highest BCUT2D eigenvalue weighted by Gasteiger charge is 2.38. The van der Waals surface area contributed by atoms with Gasteiger partial charge in [0.15, 0.2) is 11.5 Å². The molecule has 1 fully saturated rings. The van der Waals surface area contributed by atoms with Crippen LogP contribution in [0.25, 0.3) is 6.08 Å². The third-order valence-corrected chi connectivity index (χ3v) is 3.59. The van der Waals surface area contributed by atoms with E-state index in [0.29, 0.717) is 36.7 Å². The van der Waals surface area contributed by atoms with Gasteiger partial charge in [-0.2, -0.15) is 0 Å². The smallest absolute Gasteiger partial charge is 0.348 e. The van der Waals surface area contributed by atoms with E-state index in [1.807, 2.05) is 6.92 Å². The molecule has 0 radical (unpaired) electrons. The summed E-state index contributed by atoms with van der Waals surface area (Å²) in [6.07, 6.45) is 5.31. The van der Waals surface area contributed by atoms with E-state index in [0.717, 1.165) is 5.56 Å². The van der Waals surface area contributed by atoms with Crippen molar-refractivity contribution in [3.8, 4) is 11.5 Å². The first-order chi connectivity index (χ1) is 12.8. The zero-order valence-corrected chi connectivity index (χ0v) is 15.9. The topological polar surface area (TPSA) is 71.1 Å². The summed E-state index contributed by atoms with van der Waals surface area (Å²) in [5.41, 5.74) is 1.22. The van der Waals surface area contributed by atoms with Gasteiger partial charge in [0.2, 0.25) is 0 Å². The molecule has 0 spiro atoms. The number of ether oxygens (including phenoxy) is 4. The Bertz CT molecular complexity index is 766. The summed E-state index contributed by atoms with van der Waals surface area (Å²) in [6, 6.07) is 3.50. The first-order valence-electron chi connectivity index (χ1n) is 8.64. The molecule has 0 N–H and O–H groups in total. The predicted molar refractivity (Wildman–Crippen MR) is 101 cm³/mol. The van der Waals surface area contributed by atoms with Crippen LogP contribution >= 0.6 is 0 Å². The van der Waals surface area contributed by atoms with Crippen LogP contribution in [0.3, 0.4) is 0 Å². The van der Waals surface area contributed by atoms with E-state index in [9.17, 15) is 9.59 Å². The fourth-order valence-electron chi connectivity index (χ4n) is 2.59. The van der Waals surface area contributed by atoms with Gasteiger partial charge in [0.25, 0.3) is 5.79 Å². The average molecular weight is 372 g/mol. The Morgan fingerprint density at radius 1 is 1.07 bits per heavy atom. The van der Waals surface area contributed by atoms with Crippen molar-refractivity contribution in [3.05, 3.63) is 54.1 Å². The van der Waals surface area contributed by atoms with Gasteiger partial charge < -0.3 is 18.9 Å². The zero-order valence-electron chi connectivity index (χ0n) is 15.9. The maximum Gasteiger partial charge on any atom is 0.348 e. The Kier molecular flexibility index (Phi) is 6.45. The van der Waals surface area contributed by atoms with Crippen LogP contribution in [0.4, 0.5) is 0 Å². The predicted octanol–water partition coefficient (Wildman–Crippen LogP) is 3.60. The third-order valence-electron chi connectivity index (χ3n) is 3.59. The minimum Gasteiger partial charge on any atom is -0.490 e. The molecule has 144 valence electrons. The lowest BCUT2D eigenvalue weighted by molar-refractivity contribution is -0.222. The van der Waals surface area contributed by atoms with Crippen LogP contribution in [0, 0.1) is 0 Å². The molecular weight excluding hydrogens is 348 g/mol. The lowest BCUT2D eigenvalue weighted by Gasteiger charge is -2.29. The summed E-state index contributed by atoms with van der Waals surface area (Å²) in [4.78, 5) is 24.4. The molecule has 1 aliphatic rings. The van der Waals surface area contributed by atoms with Crippen molar-refractivity contribution in [1.82, 2.24) is 0 Å². The largest absolute Gasteiger partial charge is 0.490 e. The number of carbonyl (C=O) groups is 2. The highest BCUT2D eigenvalue weighted by atomic mass is 16.7. The van der Waals surface area contributed by atoms with Crippen LogP contribution in [-0.2, 0) is 25.5 Å². The van der Waals surface area contributed by atoms with Crippen LogP contribution in [-0.4, -0.2) is 30.9 Å². The van der Waals surface area contributed by atoms with Gasteiger partial charge in [0.1, 0.15) is 12.2 Å². The van der Waals surface area contributed by atoms with Gasteiger partial charge in [0.05, 0.1) is 6.61 Å². The van der Waals surface area contributed by atoms with Crippen LogP contribution in [0.5, 0.6) is 11.5 Å². The molecule has 1 aromatic carbocycles. The van der Waals surface area contributed by atoms with Gasteiger partial charge in [-0.05, 0) is 37.1 Å². The maximum atomic E-state index is 12.2. The fraction of sp³-hybridized carbons (Fsp3) is 0.333. The quantitative estimate of drug-likeness (QED) is 0.301. The number of esters is 2. The SMILES string of the molecule is C=CCOc1c(CC=C)cc(C=C2C(=O)OC(C)(C)OC2=O)cc1OCC. The van der Waals surface area contributed by atoms with E-state index in [1.54, 1.807) is 24.3 Å². The van der Waals surface area contributed by atoms with Gasteiger partial charge >= 0.3 is 11.9 Å². The van der Waals surface area contributed by atoms with Crippen molar-refractivity contribution in [2.45, 2.75) is 33.0 Å². The highest BCUT2D eigenvalue weighted by Crippen LogP contribution is 2.35. The average Bonchev–Trinajstić information content (AvgIpc) is 2.57. The number of allylic oxidation sites excluding steroid dienone is 1. The van der Waals surface area contributed by atoms with Crippen LogP contribution in [0.1, 0.15) is 31.9 Å². The number of hydrogen-bond acceptors (Lipinski definition) is 6. The molecule has 1 aliphatic heterocycles. The molecule has 1 heterocycles. The minimum absolute atomic E-state index is 0.180. The molecule has 0 unspecified atom stereocenters. The van der Waals surface area contributed by atoms with Crippen molar-refractivity contribution >= 4 is 18.0 Å². The van der Waals surface area contributed by atoms with Crippen molar-refractivity contribution in [3.63, 3.8) is 0 Å². The summed E-state index contributed by atoms with van der Waals surface area (Å²) in [5.74, 6) is -1.66. The molecular formula is C21H24O6. The summed E-state index contributed by atoms with van der Waals surface area (Å²) in [7, 11) is 0. The lowest BCUT2D eigenvalue weighted by Crippen LogP contribution is -2.41. The number of benzene rings is 1. The summed E-state index contributed by atoms with van der Waals surface area (Å²) in [6.45, 7) is 13.0. The molecule has 0 saturated carbocycles. The van der Waals surface area contributed by atoms with Crippen molar-refractivity contribution < 1.29 is 28.5 Å². The van der Waals surface area contributed by atoms with Crippen molar-refractivity contribution in [2.24, 2.45) is 0 Å². The molecule has 27 heavy (non-hydrogen) atoms. The fourth-order valence-corrected chi connectivity index (χ4v) is 2.59. The van der Waals surface area contributed by atoms with E-state index >= 15 is 0 Å². The molecule has 0 aliphatic carbocycles. The summed E-state index contributed by atoms with van der Waals surface area (Å²) in [5, 5.41) is 0. The van der Waals surface area contributed by atoms with Gasteiger partial charge in [-0.1, -0.05) is 18.7 Å². The molecule has 0 amide bonds. The molecule has 6 heteroatoms. The van der Waals surface area contributed by atoms with E-state index in [4.69, 9.17) is 18.9 Å².